The van der Waals surface area contributed by atoms with Gasteiger partial charge in [0.25, 0.3) is 0 Å². The van der Waals surface area contributed by atoms with Crippen LogP contribution in [0.4, 0.5) is 0 Å². The molecule has 0 aliphatic carbocycles. The third kappa shape index (κ3) is 4.90. The summed E-state index contributed by atoms with van der Waals surface area (Å²) in [6.45, 7) is 5.35. The molecule has 2 aromatic rings. The number of fused-ring (bicyclic) bond motifs is 1. The highest BCUT2D eigenvalue weighted by Gasteiger charge is 2.48. The fourth-order valence-electron chi connectivity index (χ4n) is 4.63. The largest absolute Gasteiger partial charge is 0.497 e. The van der Waals surface area contributed by atoms with Gasteiger partial charge >= 0.3 is 5.97 Å². The van der Waals surface area contributed by atoms with Gasteiger partial charge in [0.2, 0.25) is 12.7 Å². The number of nitrogens with one attached hydrogen (secondary N) is 1. The van der Waals surface area contributed by atoms with Gasteiger partial charge in [0.05, 0.1) is 19.6 Å². The highest BCUT2D eigenvalue weighted by Crippen LogP contribution is 2.47. The molecule has 2 N–H and O–H groups in total. The third-order valence-corrected chi connectivity index (χ3v) is 6.22. The number of aliphatic carboxylic acids is 1. The number of carbonyl (C=O) groups excluding carboxylic acids is 1. The number of carbonyl (C=O) groups is 2. The predicted molar refractivity (Wildman–Crippen MR) is 122 cm³/mol. The summed E-state index contributed by atoms with van der Waals surface area (Å²) < 4.78 is 16.2. The third-order valence-electron chi connectivity index (χ3n) is 6.22. The highest BCUT2D eigenvalue weighted by molar-refractivity contribution is 5.79. The summed E-state index contributed by atoms with van der Waals surface area (Å²) in [7, 11) is 1.59. The smallest absolute Gasteiger partial charge is 0.309 e. The Bertz CT molecular complexity index is 1010. The van der Waals surface area contributed by atoms with E-state index < -0.39 is 17.9 Å². The van der Waals surface area contributed by atoms with Crippen molar-refractivity contribution in [2.24, 2.45) is 11.8 Å². The number of amides is 1. The van der Waals surface area contributed by atoms with Crippen LogP contribution in [0.25, 0.3) is 0 Å². The molecular formula is C25H30N2O6. The number of methoxy groups -OCH3 is 1. The molecule has 1 amide bonds. The molecule has 3 atom stereocenters. The number of nitrogens with zero attached hydrogens (tertiary/aromatic N) is 1. The second-order valence-corrected chi connectivity index (χ2v) is 8.93. The predicted octanol–water partition coefficient (Wildman–Crippen LogP) is 3.04. The monoisotopic (exact) mass is 454 g/mol. The summed E-state index contributed by atoms with van der Waals surface area (Å²) in [5.74, 6) is 0.223. The Morgan fingerprint density at radius 1 is 1.12 bits per heavy atom. The molecule has 176 valence electrons. The molecule has 2 aliphatic heterocycles. The van der Waals surface area contributed by atoms with Crippen LogP contribution < -0.4 is 19.5 Å². The van der Waals surface area contributed by atoms with Gasteiger partial charge in [-0.15, -0.1) is 0 Å². The maximum absolute atomic E-state index is 12.7. The first-order chi connectivity index (χ1) is 15.9. The number of ether oxygens (including phenoxy) is 3. The number of hydrogen-bond acceptors (Lipinski definition) is 6. The van der Waals surface area contributed by atoms with Gasteiger partial charge < -0.3 is 24.6 Å². The molecule has 1 fully saturated rings. The van der Waals surface area contributed by atoms with Crippen LogP contribution in [0.2, 0.25) is 0 Å². The lowest BCUT2D eigenvalue weighted by Crippen LogP contribution is -2.39. The van der Waals surface area contributed by atoms with E-state index in [1.165, 1.54) is 0 Å². The first-order valence-corrected chi connectivity index (χ1v) is 11.1. The second-order valence-electron chi connectivity index (χ2n) is 8.93. The van der Waals surface area contributed by atoms with Gasteiger partial charge in [-0.05, 0) is 41.3 Å². The van der Waals surface area contributed by atoms with Crippen LogP contribution in [-0.2, 0) is 9.59 Å². The molecule has 0 spiro atoms. The van der Waals surface area contributed by atoms with Crippen LogP contribution in [0, 0.1) is 11.8 Å². The van der Waals surface area contributed by atoms with E-state index in [2.05, 4.69) is 5.32 Å². The SMILES string of the molecule is COc1ccc([C@@H]2[C@@H](C(=O)O)[C@H](c3ccc4c(c3)OCO4)CN2CC(=O)NCC(C)C)cc1. The second kappa shape index (κ2) is 9.70. The number of benzene rings is 2. The number of likely N-dealkylation sites (tertiary alicyclic amines) is 1. The lowest BCUT2D eigenvalue weighted by Gasteiger charge is -2.27. The number of hydrogen-bond donors (Lipinski definition) is 2. The van der Waals surface area contributed by atoms with E-state index in [-0.39, 0.29) is 25.2 Å². The first-order valence-electron chi connectivity index (χ1n) is 11.1. The molecule has 1 saturated heterocycles. The van der Waals surface area contributed by atoms with E-state index in [9.17, 15) is 14.7 Å². The maximum Gasteiger partial charge on any atom is 0.309 e. The van der Waals surface area contributed by atoms with E-state index in [0.29, 0.717) is 36.3 Å². The summed E-state index contributed by atoms with van der Waals surface area (Å²) in [4.78, 5) is 27.2. The molecule has 2 aromatic carbocycles. The lowest BCUT2D eigenvalue weighted by molar-refractivity contribution is -0.143. The van der Waals surface area contributed by atoms with Gasteiger partial charge in [0, 0.05) is 25.0 Å². The molecule has 0 aromatic heterocycles. The fourth-order valence-corrected chi connectivity index (χ4v) is 4.63. The maximum atomic E-state index is 12.7. The van der Waals surface area contributed by atoms with Crippen molar-refractivity contribution in [3.8, 4) is 17.2 Å². The van der Waals surface area contributed by atoms with Crippen LogP contribution in [0.5, 0.6) is 17.2 Å². The summed E-state index contributed by atoms with van der Waals surface area (Å²) in [6.07, 6.45) is 0. The molecular weight excluding hydrogens is 424 g/mol. The van der Waals surface area contributed by atoms with Gasteiger partial charge in [0.1, 0.15) is 5.75 Å². The summed E-state index contributed by atoms with van der Waals surface area (Å²) in [6, 6.07) is 12.5. The zero-order chi connectivity index (χ0) is 23.5. The number of rotatable bonds is 8. The molecule has 8 nitrogen and oxygen atoms in total. The Labute approximate surface area is 193 Å². The van der Waals surface area contributed by atoms with Crippen LogP contribution in [0.15, 0.2) is 42.5 Å². The molecule has 0 bridgehead atoms. The first kappa shape index (κ1) is 22.9. The molecule has 4 rings (SSSR count). The molecule has 33 heavy (non-hydrogen) atoms. The van der Waals surface area contributed by atoms with E-state index in [0.717, 1.165) is 11.1 Å². The molecule has 8 heteroatoms. The van der Waals surface area contributed by atoms with Gasteiger partial charge in [-0.1, -0.05) is 32.0 Å². The van der Waals surface area contributed by atoms with Gasteiger partial charge in [-0.2, -0.15) is 0 Å². The van der Waals surface area contributed by atoms with Crippen molar-refractivity contribution in [1.82, 2.24) is 10.2 Å². The van der Waals surface area contributed by atoms with Crippen LogP contribution in [-0.4, -0.2) is 55.4 Å². The van der Waals surface area contributed by atoms with E-state index >= 15 is 0 Å². The van der Waals surface area contributed by atoms with Crippen molar-refractivity contribution in [3.63, 3.8) is 0 Å². The van der Waals surface area contributed by atoms with Crippen LogP contribution in [0.1, 0.15) is 36.9 Å². The summed E-state index contributed by atoms with van der Waals surface area (Å²) in [5, 5.41) is 13.2. The molecule has 2 heterocycles. The number of carboxylic acid groups (broad SMARTS) is 1. The molecule has 2 aliphatic rings. The standard InChI is InChI=1S/C25H30N2O6/c1-15(2)11-26-22(28)13-27-12-19(17-6-9-20-21(10-17)33-14-32-20)23(25(29)30)24(27)16-4-7-18(31-3)8-5-16/h4-10,15,19,23-24H,11-14H2,1-3H3,(H,26,28)(H,29,30)/t19-,23-,24+/m0/s1. The molecule has 0 radical (unpaired) electrons. The van der Waals surface area contributed by atoms with Crippen LogP contribution in [0.3, 0.4) is 0 Å². The van der Waals surface area contributed by atoms with Gasteiger partial charge in [-0.3, -0.25) is 14.5 Å². The van der Waals surface area contributed by atoms with Crippen molar-refractivity contribution in [2.45, 2.75) is 25.8 Å². The summed E-state index contributed by atoms with van der Waals surface area (Å²) in [5.41, 5.74) is 1.69. The van der Waals surface area contributed by atoms with Crippen LogP contribution >= 0.6 is 0 Å². The zero-order valence-corrected chi connectivity index (χ0v) is 19.1. The minimum absolute atomic E-state index is 0.113. The normalized spacial score (nSPS) is 21.9. The Balaban J connectivity index is 1.68. The Morgan fingerprint density at radius 3 is 2.48 bits per heavy atom. The van der Waals surface area contributed by atoms with Crippen molar-refractivity contribution in [2.75, 3.05) is 33.5 Å². The zero-order valence-electron chi connectivity index (χ0n) is 19.1. The fraction of sp³-hybridized carbons (Fsp3) is 0.440. The molecule has 0 unspecified atom stereocenters. The van der Waals surface area contributed by atoms with Crippen molar-refractivity contribution in [3.05, 3.63) is 53.6 Å². The van der Waals surface area contributed by atoms with Crippen molar-refractivity contribution >= 4 is 11.9 Å². The minimum atomic E-state index is -0.899. The topological polar surface area (TPSA) is 97.3 Å². The molecule has 0 saturated carbocycles. The van der Waals surface area contributed by atoms with E-state index in [4.69, 9.17) is 14.2 Å². The van der Waals surface area contributed by atoms with Gasteiger partial charge in [-0.25, -0.2) is 0 Å². The Hall–Kier alpha value is -3.26. The minimum Gasteiger partial charge on any atom is -0.497 e. The Morgan fingerprint density at radius 2 is 1.82 bits per heavy atom. The van der Waals surface area contributed by atoms with E-state index in [1.54, 1.807) is 7.11 Å². The Kier molecular flexibility index (Phi) is 6.74. The highest BCUT2D eigenvalue weighted by atomic mass is 16.7. The van der Waals surface area contributed by atoms with Crippen molar-refractivity contribution < 1.29 is 28.9 Å². The number of carboxylic acids is 1. The average molecular weight is 455 g/mol. The van der Waals surface area contributed by atoms with Crippen molar-refractivity contribution in [1.29, 1.82) is 0 Å². The summed E-state index contributed by atoms with van der Waals surface area (Å²) >= 11 is 0. The quantitative estimate of drug-likeness (QED) is 0.633. The average Bonchev–Trinajstić information content (AvgIpc) is 3.42. The van der Waals surface area contributed by atoms with E-state index in [1.807, 2.05) is 61.2 Å². The van der Waals surface area contributed by atoms with Gasteiger partial charge in [0.15, 0.2) is 11.5 Å². The lowest BCUT2D eigenvalue weighted by atomic mass is 9.82.